The van der Waals surface area contributed by atoms with Crippen molar-refractivity contribution in [2.45, 2.75) is 11.8 Å². The molecule has 0 bridgehead atoms. The van der Waals surface area contributed by atoms with E-state index in [9.17, 15) is 8.42 Å². The average molecular weight is 249 g/mol. The third-order valence-electron chi connectivity index (χ3n) is 2.37. The number of hydrogen-bond donors (Lipinski definition) is 0. The molecule has 0 heterocycles. The van der Waals surface area contributed by atoms with Gasteiger partial charge < -0.3 is 0 Å². The fourth-order valence-corrected chi connectivity index (χ4v) is 2.70. The normalized spacial score (nSPS) is 11.2. The van der Waals surface area contributed by atoms with E-state index in [4.69, 9.17) is 6.42 Å². The third kappa shape index (κ3) is 2.76. The first-order valence-electron chi connectivity index (χ1n) is 5.08. The molecule has 90 valence electrons. The van der Waals surface area contributed by atoms with Gasteiger partial charge in [-0.3, -0.25) is 0 Å². The van der Waals surface area contributed by atoms with Crippen molar-refractivity contribution in [2.24, 2.45) is 0 Å². The van der Waals surface area contributed by atoms with Gasteiger partial charge in [-0.2, -0.15) is 4.31 Å². The summed E-state index contributed by atoms with van der Waals surface area (Å²) in [6.45, 7) is 5.63. The highest BCUT2D eigenvalue weighted by Gasteiger charge is 2.22. The number of sulfonamides is 1. The van der Waals surface area contributed by atoms with Crippen LogP contribution in [0.4, 0.5) is 0 Å². The molecule has 4 heteroatoms. The van der Waals surface area contributed by atoms with Gasteiger partial charge in [-0.15, -0.1) is 13.0 Å². The van der Waals surface area contributed by atoms with Crippen molar-refractivity contribution in [1.29, 1.82) is 0 Å². The average Bonchev–Trinajstić information content (AvgIpc) is 2.28. The van der Waals surface area contributed by atoms with Crippen LogP contribution in [0.1, 0.15) is 11.1 Å². The molecule has 0 aliphatic rings. The summed E-state index contributed by atoms with van der Waals surface area (Å²) < 4.78 is 25.6. The van der Waals surface area contributed by atoms with Gasteiger partial charge in [-0.25, -0.2) is 8.42 Å². The number of rotatable bonds is 4. The summed E-state index contributed by atoms with van der Waals surface area (Å²) in [5.41, 5.74) is 1.32. The lowest BCUT2D eigenvalue weighted by Gasteiger charge is -2.16. The molecule has 0 N–H and O–H groups in total. The van der Waals surface area contributed by atoms with Crippen LogP contribution >= 0.6 is 0 Å². The Labute approximate surface area is 103 Å². The van der Waals surface area contributed by atoms with Crippen molar-refractivity contribution in [1.82, 2.24) is 4.31 Å². The van der Waals surface area contributed by atoms with Crippen LogP contribution in [-0.2, 0) is 10.0 Å². The molecule has 0 saturated carbocycles. The van der Waals surface area contributed by atoms with Crippen molar-refractivity contribution in [2.75, 3.05) is 13.6 Å². The largest absolute Gasteiger partial charge is 0.244 e. The Morgan fingerprint density at radius 2 is 2.18 bits per heavy atom. The van der Waals surface area contributed by atoms with E-state index in [-0.39, 0.29) is 11.4 Å². The van der Waals surface area contributed by atoms with Crippen LogP contribution in [0.3, 0.4) is 0 Å². The summed E-state index contributed by atoms with van der Waals surface area (Å²) >= 11 is 0. The van der Waals surface area contributed by atoms with Gasteiger partial charge in [0.1, 0.15) is 0 Å². The summed E-state index contributed by atoms with van der Waals surface area (Å²) in [6, 6.07) is 4.96. The minimum absolute atomic E-state index is 0.162. The second kappa shape index (κ2) is 5.17. The number of hydrogen-bond acceptors (Lipinski definition) is 2. The van der Waals surface area contributed by atoms with E-state index in [1.54, 1.807) is 18.2 Å². The quantitative estimate of drug-likeness (QED) is 0.602. The molecule has 0 aliphatic carbocycles. The van der Waals surface area contributed by atoms with Crippen molar-refractivity contribution in [3.8, 4) is 12.3 Å². The fraction of sp³-hybridized carbons (Fsp3) is 0.231. The molecule has 0 aromatic heterocycles. The first kappa shape index (κ1) is 13.5. The Morgan fingerprint density at radius 3 is 2.71 bits per heavy atom. The Balaban J connectivity index is 3.34. The van der Waals surface area contributed by atoms with Crippen molar-refractivity contribution >= 4 is 10.0 Å². The van der Waals surface area contributed by atoms with Crippen LogP contribution in [0.15, 0.2) is 35.7 Å². The second-order valence-corrected chi connectivity index (χ2v) is 5.73. The molecule has 0 amide bonds. The zero-order valence-electron chi connectivity index (χ0n) is 9.97. The van der Waals surface area contributed by atoms with Gasteiger partial charge in [0.15, 0.2) is 0 Å². The van der Waals surface area contributed by atoms with E-state index in [0.29, 0.717) is 5.56 Å². The minimum atomic E-state index is -3.54. The fourth-order valence-electron chi connectivity index (χ4n) is 1.43. The van der Waals surface area contributed by atoms with E-state index in [1.807, 2.05) is 6.92 Å². The lowest BCUT2D eigenvalue weighted by atomic mass is 10.1. The Bertz CT molecular complexity index is 568. The highest BCUT2D eigenvalue weighted by molar-refractivity contribution is 7.89. The zero-order valence-corrected chi connectivity index (χ0v) is 10.8. The molecule has 17 heavy (non-hydrogen) atoms. The standard InChI is InChI=1S/C13H15NO2S/c1-5-9-14(4)17(15,16)13-8-7-11(3)10-12(13)6-2/h2,5,7-8,10H,1,9H2,3-4H3. The maximum Gasteiger partial charge on any atom is 0.244 e. The van der Waals surface area contributed by atoms with Gasteiger partial charge in [0.05, 0.1) is 4.90 Å². The molecule has 0 unspecified atom stereocenters. The molecule has 0 saturated heterocycles. The first-order valence-corrected chi connectivity index (χ1v) is 6.52. The van der Waals surface area contributed by atoms with Gasteiger partial charge in [0, 0.05) is 19.2 Å². The summed E-state index contributed by atoms with van der Waals surface area (Å²) in [6.07, 6.45) is 6.87. The van der Waals surface area contributed by atoms with E-state index < -0.39 is 10.0 Å². The Morgan fingerprint density at radius 1 is 1.53 bits per heavy atom. The number of likely N-dealkylation sites (N-methyl/N-ethyl adjacent to an activating group) is 1. The van der Waals surface area contributed by atoms with Crippen LogP contribution < -0.4 is 0 Å². The first-order chi connectivity index (χ1) is 7.93. The lowest BCUT2D eigenvalue weighted by molar-refractivity contribution is 0.499. The van der Waals surface area contributed by atoms with Gasteiger partial charge in [-0.1, -0.05) is 18.1 Å². The molecule has 0 radical (unpaired) electrons. The van der Waals surface area contributed by atoms with E-state index in [2.05, 4.69) is 12.5 Å². The molecule has 0 atom stereocenters. The topological polar surface area (TPSA) is 37.4 Å². The maximum atomic E-state index is 12.2. The summed E-state index contributed by atoms with van der Waals surface area (Å²) in [5.74, 6) is 2.41. The van der Waals surface area contributed by atoms with Crippen LogP contribution in [0.2, 0.25) is 0 Å². The Kier molecular flexibility index (Phi) is 4.11. The predicted octanol–water partition coefficient (Wildman–Crippen LogP) is 1.78. The van der Waals surface area contributed by atoms with Crippen LogP contribution in [-0.4, -0.2) is 26.3 Å². The summed E-state index contributed by atoms with van der Waals surface area (Å²) in [5, 5.41) is 0. The number of terminal acetylenes is 1. The van der Waals surface area contributed by atoms with Gasteiger partial charge in [0.25, 0.3) is 0 Å². The van der Waals surface area contributed by atoms with Crippen molar-refractivity contribution in [3.05, 3.63) is 42.0 Å². The molecular formula is C13H15NO2S. The van der Waals surface area contributed by atoms with Crippen molar-refractivity contribution in [3.63, 3.8) is 0 Å². The molecule has 0 spiro atoms. The second-order valence-electron chi connectivity index (χ2n) is 3.72. The van der Waals surface area contributed by atoms with Crippen LogP contribution in [0, 0.1) is 19.3 Å². The number of benzene rings is 1. The monoisotopic (exact) mass is 249 g/mol. The third-order valence-corrected chi connectivity index (χ3v) is 4.25. The van der Waals surface area contributed by atoms with E-state index in [1.165, 1.54) is 17.4 Å². The zero-order chi connectivity index (χ0) is 13.1. The van der Waals surface area contributed by atoms with Crippen molar-refractivity contribution < 1.29 is 8.42 Å². The molecule has 0 aliphatic heterocycles. The van der Waals surface area contributed by atoms with Crippen LogP contribution in [0.5, 0.6) is 0 Å². The van der Waals surface area contributed by atoms with Gasteiger partial charge in [-0.05, 0) is 24.6 Å². The van der Waals surface area contributed by atoms with E-state index >= 15 is 0 Å². The lowest BCUT2D eigenvalue weighted by Crippen LogP contribution is -2.27. The highest BCUT2D eigenvalue weighted by Crippen LogP contribution is 2.19. The molecular weight excluding hydrogens is 234 g/mol. The maximum absolute atomic E-state index is 12.2. The van der Waals surface area contributed by atoms with Crippen LogP contribution in [0.25, 0.3) is 0 Å². The smallest absolute Gasteiger partial charge is 0.207 e. The molecule has 1 aromatic carbocycles. The molecule has 1 rings (SSSR count). The molecule has 1 aromatic rings. The molecule has 0 fully saturated rings. The number of nitrogens with zero attached hydrogens (tertiary/aromatic N) is 1. The minimum Gasteiger partial charge on any atom is -0.207 e. The SMILES string of the molecule is C#Cc1cc(C)ccc1S(=O)(=O)N(C)CC=C. The summed E-state index contributed by atoms with van der Waals surface area (Å²) in [7, 11) is -2.04. The number of aryl methyl sites for hydroxylation is 1. The van der Waals surface area contributed by atoms with E-state index in [0.717, 1.165) is 5.56 Å². The van der Waals surface area contributed by atoms with Gasteiger partial charge in [0.2, 0.25) is 10.0 Å². The predicted molar refractivity (Wildman–Crippen MR) is 69.1 cm³/mol. The Hall–Kier alpha value is -1.57. The molecule has 3 nitrogen and oxygen atoms in total. The van der Waals surface area contributed by atoms with Gasteiger partial charge >= 0.3 is 0 Å². The summed E-state index contributed by atoms with van der Waals surface area (Å²) in [4.78, 5) is 0.162. The highest BCUT2D eigenvalue weighted by atomic mass is 32.2.